The number of carbonyl (C=O) groups excluding carboxylic acids is 1. The van der Waals surface area contributed by atoms with Crippen LogP contribution in [0.2, 0.25) is 0 Å². The number of rotatable bonds is 10. The lowest BCUT2D eigenvalue weighted by Crippen LogP contribution is -2.28. The maximum Gasteiger partial charge on any atom is 0.308 e. The minimum absolute atomic E-state index is 0.00180. The fourth-order valence-corrected chi connectivity index (χ4v) is 1.90. The summed E-state index contributed by atoms with van der Waals surface area (Å²) in [5, 5.41) is 17.3. The van der Waals surface area contributed by atoms with Crippen LogP contribution in [0.15, 0.2) is 0 Å². The number of hydrogen-bond acceptors (Lipinski definition) is 5. The van der Waals surface area contributed by atoms with Gasteiger partial charge in [0.1, 0.15) is 0 Å². The molecular formula is C12H21NO6. The molecule has 0 aliphatic carbocycles. The minimum Gasteiger partial charge on any atom is -0.481 e. The lowest BCUT2D eigenvalue weighted by atomic mass is 10.1. The molecule has 2 N–H and O–H groups in total. The van der Waals surface area contributed by atoms with E-state index >= 15 is 0 Å². The van der Waals surface area contributed by atoms with E-state index in [2.05, 4.69) is 0 Å². The molecule has 1 rings (SSSR count). The van der Waals surface area contributed by atoms with Crippen molar-refractivity contribution in [2.75, 3.05) is 46.1 Å². The molecular weight excluding hydrogens is 254 g/mol. The predicted octanol–water partition coefficient (Wildman–Crippen LogP) is -0.665. The van der Waals surface area contributed by atoms with Crippen molar-refractivity contribution in [1.29, 1.82) is 0 Å². The van der Waals surface area contributed by atoms with Gasteiger partial charge in [0, 0.05) is 26.1 Å². The van der Waals surface area contributed by atoms with Crippen LogP contribution in [-0.4, -0.2) is 73.1 Å². The first kappa shape index (κ1) is 15.9. The molecule has 0 saturated carbocycles. The normalized spacial score (nSPS) is 19.1. The zero-order valence-electron chi connectivity index (χ0n) is 10.9. The Morgan fingerprint density at radius 1 is 1.26 bits per heavy atom. The third-order valence-electron chi connectivity index (χ3n) is 2.89. The van der Waals surface area contributed by atoms with Gasteiger partial charge < -0.3 is 24.6 Å². The number of carboxylic acids is 1. The molecule has 0 bridgehead atoms. The van der Waals surface area contributed by atoms with Crippen LogP contribution in [0.5, 0.6) is 0 Å². The molecule has 19 heavy (non-hydrogen) atoms. The van der Waals surface area contributed by atoms with Gasteiger partial charge in [-0.05, 0) is 6.42 Å². The molecule has 1 heterocycles. The van der Waals surface area contributed by atoms with Crippen molar-refractivity contribution in [2.24, 2.45) is 5.92 Å². The topological polar surface area (TPSA) is 96.3 Å². The van der Waals surface area contributed by atoms with Gasteiger partial charge in [-0.25, -0.2) is 0 Å². The quantitative estimate of drug-likeness (QED) is 0.514. The van der Waals surface area contributed by atoms with Gasteiger partial charge >= 0.3 is 5.97 Å². The number of carbonyl (C=O) groups is 2. The molecule has 0 spiro atoms. The average molecular weight is 275 g/mol. The Morgan fingerprint density at radius 3 is 2.53 bits per heavy atom. The van der Waals surface area contributed by atoms with Crippen LogP contribution in [0.3, 0.4) is 0 Å². The Labute approximate surface area is 112 Å². The Balaban J connectivity index is 2.01. The Hall–Kier alpha value is -1.18. The van der Waals surface area contributed by atoms with Crippen molar-refractivity contribution in [3.8, 4) is 0 Å². The summed E-state index contributed by atoms with van der Waals surface area (Å²) in [5.74, 6) is -1.58. The van der Waals surface area contributed by atoms with Crippen molar-refractivity contribution in [2.45, 2.75) is 12.8 Å². The van der Waals surface area contributed by atoms with Crippen LogP contribution in [0.25, 0.3) is 0 Å². The van der Waals surface area contributed by atoms with Crippen molar-refractivity contribution in [3.05, 3.63) is 0 Å². The van der Waals surface area contributed by atoms with Crippen molar-refractivity contribution >= 4 is 11.9 Å². The second kappa shape index (κ2) is 8.84. The van der Waals surface area contributed by atoms with Crippen LogP contribution < -0.4 is 0 Å². The number of amides is 1. The monoisotopic (exact) mass is 275 g/mol. The van der Waals surface area contributed by atoms with Gasteiger partial charge in [0.25, 0.3) is 0 Å². The number of ether oxygens (including phenoxy) is 2. The molecule has 1 amide bonds. The maximum atomic E-state index is 11.5. The molecule has 7 heteroatoms. The highest BCUT2D eigenvalue weighted by Crippen LogP contribution is 2.17. The maximum absolute atomic E-state index is 11.5. The van der Waals surface area contributed by atoms with E-state index in [4.69, 9.17) is 19.7 Å². The van der Waals surface area contributed by atoms with Crippen LogP contribution in [0, 0.1) is 5.92 Å². The highest BCUT2D eigenvalue weighted by molar-refractivity contribution is 5.86. The smallest absolute Gasteiger partial charge is 0.308 e. The van der Waals surface area contributed by atoms with E-state index in [1.165, 1.54) is 0 Å². The lowest BCUT2D eigenvalue weighted by Gasteiger charge is -2.15. The first-order chi connectivity index (χ1) is 9.15. The van der Waals surface area contributed by atoms with Crippen LogP contribution >= 0.6 is 0 Å². The molecule has 1 aliphatic rings. The van der Waals surface area contributed by atoms with E-state index in [1.807, 2.05) is 0 Å². The van der Waals surface area contributed by atoms with Gasteiger partial charge in [-0.15, -0.1) is 0 Å². The van der Waals surface area contributed by atoms with E-state index in [1.54, 1.807) is 4.90 Å². The Bertz CT molecular complexity index is 296. The van der Waals surface area contributed by atoms with Gasteiger partial charge in [-0.1, -0.05) is 0 Å². The van der Waals surface area contributed by atoms with Gasteiger partial charge in [0.05, 0.1) is 32.3 Å². The molecule has 1 atom stereocenters. The number of aliphatic hydroxyl groups excluding tert-OH is 1. The number of aliphatic carboxylic acids is 1. The summed E-state index contributed by atoms with van der Waals surface area (Å²) in [5.41, 5.74) is 0. The van der Waals surface area contributed by atoms with E-state index in [-0.39, 0.29) is 18.9 Å². The highest BCUT2D eigenvalue weighted by Gasteiger charge is 2.33. The second-order valence-corrected chi connectivity index (χ2v) is 4.38. The summed E-state index contributed by atoms with van der Waals surface area (Å²) in [6, 6.07) is 0. The second-order valence-electron chi connectivity index (χ2n) is 4.38. The van der Waals surface area contributed by atoms with Crippen LogP contribution in [-0.2, 0) is 19.1 Å². The summed E-state index contributed by atoms with van der Waals surface area (Å²) in [7, 11) is 0. The predicted molar refractivity (Wildman–Crippen MR) is 65.7 cm³/mol. The highest BCUT2D eigenvalue weighted by atomic mass is 16.5. The largest absolute Gasteiger partial charge is 0.481 e. The third kappa shape index (κ3) is 6.00. The SMILES string of the molecule is O=C(O)C1CC(=O)N(CCCOCCOCCO)C1. The summed E-state index contributed by atoms with van der Waals surface area (Å²) in [6.45, 7) is 2.53. The van der Waals surface area contributed by atoms with E-state index in [0.717, 1.165) is 0 Å². The third-order valence-corrected chi connectivity index (χ3v) is 2.89. The van der Waals surface area contributed by atoms with Crippen molar-refractivity contribution in [1.82, 2.24) is 4.90 Å². The van der Waals surface area contributed by atoms with E-state index < -0.39 is 11.9 Å². The van der Waals surface area contributed by atoms with Crippen LogP contribution in [0.4, 0.5) is 0 Å². The first-order valence-electron chi connectivity index (χ1n) is 6.42. The average Bonchev–Trinajstić information content (AvgIpc) is 2.74. The van der Waals surface area contributed by atoms with Gasteiger partial charge in [0.15, 0.2) is 0 Å². The molecule has 0 radical (unpaired) electrons. The Morgan fingerprint density at radius 2 is 1.95 bits per heavy atom. The fourth-order valence-electron chi connectivity index (χ4n) is 1.90. The molecule has 1 unspecified atom stereocenters. The molecule has 1 fully saturated rings. The zero-order chi connectivity index (χ0) is 14.1. The minimum atomic E-state index is -0.909. The number of nitrogens with zero attached hydrogens (tertiary/aromatic N) is 1. The number of hydrogen-bond donors (Lipinski definition) is 2. The number of carboxylic acid groups (broad SMARTS) is 1. The number of aliphatic hydroxyl groups is 1. The summed E-state index contributed by atoms with van der Waals surface area (Å²) >= 11 is 0. The van der Waals surface area contributed by atoms with Gasteiger partial charge in [-0.3, -0.25) is 9.59 Å². The standard InChI is InChI=1S/C12H21NO6/c14-3-5-19-7-6-18-4-1-2-13-9-10(12(16)17)8-11(13)15/h10,14H,1-9H2,(H,16,17). The molecule has 7 nitrogen and oxygen atoms in total. The van der Waals surface area contributed by atoms with Gasteiger partial charge in [-0.2, -0.15) is 0 Å². The van der Waals surface area contributed by atoms with Crippen LogP contribution in [0.1, 0.15) is 12.8 Å². The summed E-state index contributed by atoms with van der Waals surface area (Å²) < 4.78 is 10.3. The molecule has 0 aromatic heterocycles. The fraction of sp³-hybridized carbons (Fsp3) is 0.833. The lowest BCUT2D eigenvalue weighted by molar-refractivity contribution is -0.141. The van der Waals surface area contributed by atoms with Crippen molar-refractivity contribution < 1.29 is 29.3 Å². The van der Waals surface area contributed by atoms with Crippen molar-refractivity contribution in [3.63, 3.8) is 0 Å². The Kier molecular flexibility index (Phi) is 7.39. The number of likely N-dealkylation sites (tertiary alicyclic amines) is 1. The first-order valence-corrected chi connectivity index (χ1v) is 6.42. The molecule has 0 aromatic carbocycles. The molecule has 110 valence electrons. The molecule has 1 aliphatic heterocycles. The summed E-state index contributed by atoms with van der Waals surface area (Å²) in [4.78, 5) is 23.8. The molecule has 1 saturated heterocycles. The molecule has 0 aromatic rings. The zero-order valence-corrected chi connectivity index (χ0v) is 10.9. The summed E-state index contributed by atoms with van der Waals surface area (Å²) in [6.07, 6.45) is 0.781. The van der Waals surface area contributed by atoms with E-state index in [9.17, 15) is 9.59 Å². The van der Waals surface area contributed by atoms with E-state index in [0.29, 0.717) is 45.9 Å². The van der Waals surface area contributed by atoms with Gasteiger partial charge in [0.2, 0.25) is 5.91 Å².